The van der Waals surface area contributed by atoms with Crippen molar-refractivity contribution in [3.05, 3.63) is 0 Å². The minimum atomic E-state index is -2.81. The van der Waals surface area contributed by atoms with Crippen molar-refractivity contribution in [2.24, 2.45) is 0 Å². The summed E-state index contributed by atoms with van der Waals surface area (Å²) in [5.41, 5.74) is 0. The molecule has 21 heavy (non-hydrogen) atoms. The molecule has 0 fully saturated rings. The Morgan fingerprint density at radius 1 is 1.05 bits per heavy atom. The van der Waals surface area contributed by atoms with Crippen molar-refractivity contribution in [3.8, 4) is 0 Å². The van der Waals surface area contributed by atoms with Crippen LogP contribution in [0.15, 0.2) is 0 Å². The van der Waals surface area contributed by atoms with Gasteiger partial charge in [0.05, 0.1) is 13.2 Å². The fraction of sp³-hybridized carbons (Fsp3) is 0.846. The van der Waals surface area contributed by atoms with Gasteiger partial charge in [-0.2, -0.15) is 0 Å². The molecule has 0 radical (unpaired) electrons. The van der Waals surface area contributed by atoms with E-state index >= 15 is 0 Å². The summed E-state index contributed by atoms with van der Waals surface area (Å²) in [5.74, 6) is -0.878. The van der Waals surface area contributed by atoms with Crippen LogP contribution in [0.25, 0.3) is 0 Å². The standard InChI is InChI=1S/C13H26O7Si/c1-11(14)19-21(5,20-12(2)15)8-6-7-18-10-13(17-4)9-16-3/h13H,6-10H2,1-5H3. The second-order valence-electron chi connectivity index (χ2n) is 4.81. The molecule has 0 rings (SSSR count). The molecule has 0 spiro atoms. The van der Waals surface area contributed by atoms with E-state index in [-0.39, 0.29) is 6.10 Å². The third-order valence-electron chi connectivity index (χ3n) is 2.63. The van der Waals surface area contributed by atoms with Gasteiger partial charge < -0.3 is 23.1 Å². The first-order chi connectivity index (χ1) is 9.83. The molecule has 0 aromatic carbocycles. The van der Waals surface area contributed by atoms with Crippen molar-refractivity contribution in [1.29, 1.82) is 0 Å². The maximum atomic E-state index is 11.1. The molecule has 0 aliphatic heterocycles. The molecule has 0 aromatic heterocycles. The number of hydrogen-bond acceptors (Lipinski definition) is 7. The Kier molecular flexibility index (Phi) is 10.2. The van der Waals surface area contributed by atoms with E-state index in [0.29, 0.717) is 32.3 Å². The highest BCUT2D eigenvalue weighted by molar-refractivity contribution is 6.69. The van der Waals surface area contributed by atoms with E-state index in [1.807, 2.05) is 0 Å². The van der Waals surface area contributed by atoms with Gasteiger partial charge in [-0.1, -0.05) is 0 Å². The van der Waals surface area contributed by atoms with Crippen molar-refractivity contribution in [3.63, 3.8) is 0 Å². The molecule has 0 N–H and O–H groups in total. The topological polar surface area (TPSA) is 80.3 Å². The van der Waals surface area contributed by atoms with Gasteiger partial charge in [-0.15, -0.1) is 0 Å². The van der Waals surface area contributed by atoms with Crippen molar-refractivity contribution < 1.29 is 32.7 Å². The largest absolute Gasteiger partial charge is 0.485 e. The summed E-state index contributed by atoms with van der Waals surface area (Å²) in [7, 11) is 0.383. The Bertz CT molecular complexity index is 306. The second kappa shape index (κ2) is 10.7. The van der Waals surface area contributed by atoms with Crippen LogP contribution in [-0.2, 0) is 32.7 Å². The number of ether oxygens (including phenoxy) is 3. The normalized spacial score (nSPS) is 12.8. The fourth-order valence-electron chi connectivity index (χ4n) is 1.81. The average molecular weight is 322 g/mol. The van der Waals surface area contributed by atoms with Gasteiger partial charge in [0.15, 0.2) is 0 Å². The van der Waals surface area contributed by atoms with E-state index in [1.54, 1.807) is 20.8 Å². The van der Waals surface area contributed by atoms with Gasteiger partial charge >= 0.3 is 8.56 Å². The average Bonchev–Trinajstić information content (AvgIpc) is 2.34. The Hall–Kier alpha value is -0.963. The lowest BCUT2D eigenvalue weighted by molar-refractivity contribution is -0.138. The molecule has 0 saturated carbocycles. The molecule has 0 aromatic rings. The predicted octanol–water partition coefficient (Wildman–Crippen LogP) is 1.25. The predicted molar refractivity (Wildman–Crippen MR) is 78.1 cm³/mol. The smallest absolute Gasteiger partial charge is 0.461 e. The van der Waals surface area contributed by atoms with Crippen LogP contribution in [0.4, 0.5) is 0 Å². The molecule has 0 amide bonds. The molecule has 0 heterocycles. The molecule has 0 aliphatic carbocycles. The highest BCUT2D eigenvalue weighted by atomic mass is 28.4. The summed E-state index contributed by atoms with van der Waals surface area (Å²) in [6, 6.07) is 0.494. The number of carbonyl (C=O) groups is 2. The molecule has 0 saturated heterocycles. The number of rotatable bonds is 11. The molecule has 8 heteroatoms. The summed E-state index contributed by atoms with van der Waals surface area (Å²) in [4.78, 5) is 22.2. The molecule has 1 atom stereocenters. The van der Waals surface area contributed by atoms with Crippen LogP contribution in [0.3, 0.4) is 0 Å². The zero-order chi connectivity index (χ0) is 16.3. The minimum Gasteiger partial charge on any atom is -0.485 e. The first-order valence-corrected chi connectivity index (χ1v) is 9.34. The van der Waals surface area contributed by atoms with Crippen LogP contribution in [0, 0.1) is 0 Å². The maximum Gasteiger partial charge on any atom is 0.461 e. The molecule has 124 valence electrons. The SMILES string of the molecule is COCC(COCCC[Si](C)(OC(C)=O)OC(C)=O)OC. The minimum absolute atomic E-state index is 0.111. The molecule has 0 aliphatic rings. The number of methoxy groups -OCH3 is 2. The summed E-state index contributed by atoms with van der Waals surface area (Å²) in [6.45, 7) is 5.65. The van der Waals surface area contributed by atoms with Gasteiger partial charge in [0.2, 0.25) is 0 Å². The van der Waals surface area contributed by atoms with Crippen LogP contribution in [0.5, 0.6) is 0 Å². The van der Waals surface area contributed by atoms with Crippen molar-refractivity contribution in [2.75, 3.05) is 34.0 Å². The van der Waals surface area contributed by atoms with Crippen LogP contribution in [0.2, 0.25) is 12.6 Å². The van der Waals surface area contributed by atoms with Gasteiger partial charge in [-0.3, -0.25) is 9.59 Å². The first-order valence-electron chi connectivity index (χ1n) is 6.81. The van der Waals surface area contributed by atoms with Crippen molar-refractivity contribution in [2.45, 2.75) is 39.0 Å². The summed E-state index contributed by atoms with van der Waals surface area (Å²) < 4.78 is 26.0. The van der Waals surface area contributed by atoms with Crippen LogP contribution >= 0.6 is 0 Å². The van der Waals surface area contributed by atoms with Crippen molar-refractivity contribution in [1.82, 2.24) is 0 Å². The fourth-order valence-corrected chi connectivity index (χ4v) is 4.06. The zero-order valence-corrected chi connectivity index (χ0v) is 14.5. The third kappa shape index (κ3) is 10.4. The third-order valence-corrected chi connectivity index (χ3v) is 5.33. The van der Waals surface area contributed by atoms with Crippen molar-refractivity contribution >= 4 is 20.5 Å². The first kappa shape index (κ1) is 20.0. The van der Waals surface area contributed by atoms with E-state index in [1.165, 1.54) is 13.8 Å². The Morgan fingerprint density at radius 3 is 2.05 bits per heavy atom. The van der Waals surface area contributed by atoms with Gasteiger partial charge in [0.25, 0.3) is 11.9 Å². The van der Waals surface area contributed by atoms with Gasteiger partial charge in [0.1, 0.15) is 6.10 Å². The van der Waals surface area contributed by atoms with E-state index in [0.717, 1.165) is 0 Å². The molecule has 1 unspecified atom stereocenters. The molecular formula is C13H26O7Si. The monoisotopic (exact) mass is 322 g/mol. The highest BCUT2D eigenvalue weighted by Crippen LogP contribution is 2.16. The zero-order valence-electron chi connectivity index (χ0n) is 13.5. The summed E-state index contributed by atoms with van der Waals surface area (Å²) >= 11 is 0. The highest BCUT2D eigenvalue weighted by Gasteiger charge is 2.37. The Morgan fingerprint density at radius 2 is 1.62 bits per heavy atom. The second-order valence-corrected chi connectivity index (χ2v) is 7.99. The van der Waals surface area contributed by atoms with E-state index < -0.39 is 20.5 Å². The molecule has 7 nitrogen and oxygen atoms in total. The maximum absolute atomic E-state index is 11.1. The van der Waals surface area contributed by atoms with E-state index in [2.05, 4.69) is 0 Å². The Labute approximate surface area is 127 Å². The lowest BCUT2D eigenvalue weighted by Crippen LogP contribution is -2.41. The number of carbonyl (C=O) groups excluding carboxylic acids is 2. The van der Waals surface area contributed by atoms with E-state index in [9.17, 15) is 9.59 Å². The van der Waals surface area contributed by atoms with Crippen LogP contribution in [-0.4, -0.2) is 60.6 Å². The van der Waals surface area contributed by atoms with Gasteiger partial charge in [-0.25, -0.2) is 0 Å². The lowest BCUT2D eigenvalue weighted by atomic mass is 10.4. The quantitative estimate of drug-likeness (QED) is 0.418. The molecule has 0 bridgehead atoms. The molecular weight excluding hydrogens is 296 g/mol. The van der Waals surface area contributed by atoms with Crippen LogP contribution < -0.4 is 0 Å². The van der Waals surface area contributed by atoms with E-state index in [4.69, 9.17) is 23.1 Å². The van der Waals surface area contributed by atoms with Gasteiger partial charge in [0, 0.05) is 47.3 Å². The van der Waals surface area contributed by atoms with Gasteiger partial charge in [-0.05, 0) is 6.42 Å². The van der Waals surface area contributed by atoms with Crippen LogP contribution in [0.1, 0.15) is 20.3 Å². The summed E-state index contributed by atoms with van der Waals surface area (Å²) in [6.07, 6.45) is 0.521. The lowest BCUT2D eigenvalue weighted by Gasteiger charge is -2.25. The number of hydrogen-bond donors (Lipinski definition) is 0. The Balaban J connectivity index is 4.08. The summed E-state index contributed by atoms with van der Waals surface area (Å²) in [5, 5.41) is 0.